The van der Waals surface area contributed by atoms with Gasteiger partial charge in [0.05, 0.1) is 23.9 Å². The van der Waals surface area contributed by atoms with E-state index in [0.717, 1.165) is 32.1 Å². The number of ketones is 1. The summed E-state index contributed by atoms with van der Waals surface area (Å²) in [5.41, 5.74) is -1.46. The third-order valence-corrected chi connectivity index (χ3v) is 10.9. The second-order valence-electron chi connectivity index (χ2n) is 13.1. The van der Waals surface area contributed by atoms with E-state index in [9.17, 15) is 25.2 Å². The number of hydrogen-bond donors (Lipinski definition) is 4. The van der Waals surface area contributed by atoms with Gasteiger partial charge in [0.2, 0.25) is 0 Å². The first kappa shape index (κ1) is 24.6. The van der Waals surface area contributed by atoms with Crippen LogP contribution in [-0.4, -0.2) is 50.1 Å². The van der Waals surface area contributed by atoms with E-state index >= 15 is 0 Å². The molecule has 0 amide bonds. The van der Waals surface area contributed by atoms with Crippen LogP contribution in [0.25, 0.3) is 0 Å². The molecule has 4 rings (SSSR count). The van der Waals surface area contributed by atoms with Crippen LogP contribution in [0.5, 0.6) is 0 Å². The lowest BCUT2D eigenvalue weighted by Crippen LogP contribution is -2.60. The summed E-state index contributed by atoms with van der Waals surface area (Å²) < 4.78 is 0. The minimum Gasteiger partial charge on any atom is -0.390 e. The van der Waals surface area contributed by atoms with Crippen LogP contribution in [0.15, 0.2) is 0 Å². The Kier molecular flexibility index (Phi) is 6.40. The van der Waals surface area contributed by atoms with E-state index in [1.54, 1.807) is 0 Å². The molecule has 4 fully saturated rings. The Morgan fingerprint density at radius 3 is 2.34 bits per heavy atom. The first-order valence-corrected chi connectivity index (χ1v) is 13.1. The molecule has 4 saturated carbocycles. The Labute approximate surface area is 194 Å². The van der Waals surface area contributed by atoms with Crippen molar-refractivity contribution >= 4 is 5.78 Å². The van der Waals surface area contributed by atoms with E-state index in [1.165, 1.54) is 0 Å². The van der Waals surface area contributed by atoms with Gasteiger partial charge in [-0.25, -0.2) is 0 Å². The predicted octanol–water partition coefficient (Wildman–Crippen LogP) is 3.70. The molecule has 0 aromatic heterocycles. The molecule has 5 heteroatoms. The number of carbonyl (C=O) groups is 1. The number of carbonyl (C=O) groups excluding carboxylic acids is 1. The highest BCUT2D eigenvalue weighted by molar-refractivity contribution is 5.83. The average Bonchev–Trinajstić information content (AvgIpc) is 3.06. The van der Waals surface area contributed by atoms with Gasteiger partial charge in [-0.15, -0.1) is 0 Å². The van der Waals surface area contributed by atoms with Gasteiger partial charge in [0.25, 0.3) is 0 Å². The molecule has 0 bridgehead atoms. The second-order valence-corrected chi connectivity index (χ2v) is 13.1. The molecule has 184 valence electrons. The maximum Gasteiger partial charge on any atom is 0.136 e. The van der Waals surface area contributed by atoms with Gasteiger partial charge in [0.15, 0.2) is 0 Å². The molecule has 0 radical (unpaired) electrons. The van der Waals surface area contributed by atoms with Crippen molar-refractivity contribution in [2.75, 3.05) is 0 Å². The van der Waals surface area contributed by atoms with Crippen LogP contribution in [0.4, 0.5) is 0 Å². The topological polar surface area (TPSA) is 98.0 Å². The monoisotopic (exact) mass is 450 g/mol. The predicted molar refractivity (Wildman–Crippen MR) is 124 cm³/mol. The van der Waals surface area contributed by atoms with Crippen molar-refractivity contribution in [3.8, 4) is 0 Å². The van der Waals surface area contributed by atoms with Gasteiger partial charge >= 0.3 is 0 Å². The summed E-state index contributed by atoms with van der Waals surface area (Å²) in [4.78, 5) is 13.3. The number of fused-ring (bicyclic) bond motifs is 5. The summed E-state index contributed by atoms with van der Waals surface area (Å²) in [6.45, 7) is 10.6. The highest BCUT2D eigenvalue weighted by Crippen LogP contribution is 2.68. The Hall–Kier alpha value is -0.490. The molecule has 0 aromatic carbocycles. The molecular weight excluding hydrogens is 404 g/mol. The zero-order chi connectivity index (χ0) is 23.6. The van der Waals surface area contributed by atoms with Gasteiger partial charge in [-0.1, -0.05) is 27.7 Å². The van der Waals surface area contributed by atoms with Crippen LogP contribution < -0.4 is 0 Å². The highest BCUT2D eigenvalue weighted by Gasteiger charge is 2.65. The van der Waals surface area contributed by atoms with Crippen molar-refractivity contribution in [3.05, 3.63) is 0 Å². The largest absolute Gasteiger partial charge is 0.390 e. The fourth-order valence-electron chi connectivity index (χ4n) is 9.05. The summed E-state index contributed by atoms with van der Waals surface area (Å²) in [6, 6.07) is 0. The van der Waals surface area contributed by atoms with E-state index in [0.29, 0.717) is 43.4 Å². The maximum atomic E-state index is 13.3. The fraction of sp³-hybridized carbons (Fsp3) is 0.963. The molecule has 4 aliphatic carbocycles. The SMILES string of the molecule is CC(C)CC[C@H](O)[C@](C)(O)[C@H]1CC[C@H]2[C@@H]3CC(=O)[C@H]4C[C@H](O)[C@H](O)C[C@]4(C)[C@H]3CC[C@]12C. The Bertz CT molecular complexity index is 719. The lowest BCUT2D eigenvalue weighted by Gasteiger charge is -2.61. The second kappa shape index (κ2) is 8.32. The van der Waals surface area contributed by atoms with Crippen molar-refractivity contribution < 1.29 is 25.2 Å². The first-order chi connectivity index (χ1) is 14.8. The van der Waals surface area contributed by atoms with Crippen molar-refractivity contribution in [2.24, 2.45) is 46.3 Å². The minimum absolute atomic E-state index is 0.0301. The van der Waals surface area contributed by atoms with E-state index in [4.69, 9.17) is 0 Å². The number of aliphatic hydroxyl groups is 4. The molecule has 5 nitrogen and oxygen atoms in total. The lowest BCUT2D eigenvalue weighted by atomic mass is 9.43. The van der Waals surface area contributed by atoms with Crippen molar-refractivity contribution in [2.45, 2.75) is 116 Å². The highest BCUT2D eigenvalue weighted by atomic mass is 16.3. The van der Waals surface area contributed by atoms with Crippen LogP contribution in [0.1, 0.15) is 92.4 Å². The van der Waals surface area contributed by atoms with E-state index in [2.05, 4.69) is 27.7 Å². The third kappa shape index (κ3) is 3.70. The summed E-state index contributed by atoms with van der Waals surface area (Å²) in [5.74, 6) is 1.65. The molecule has 0 spiro atoms. The van der Waals surface area contributed by atoms with Gasteiger partial charge in [-0.3, -0.25) is 4.79 Å². The zero-order valence-electron chi connectivity index (χ0n) is 20.8. The molecule has 0 saturated heterocycles. The zero-order valence-corrected chi connectivity index (χ0v) is 20.8. The van der Waals surface area contributed by atoms with E-state index in [-0.39, 0.29) is 34.4 Å². The number of Topliss-reactive ketones (excluding diaryl/α,β-unsaturated/α-hetero) is 1. The Balaban J connectivity index is 1.58. The Morgan fingerprint density at radius 2 is 1.69 bits per heavy atom. The van der Waals surface area contributed by atoms with Gasteiger partial charge in [-0.2, -0.15) is 0 Å². The molecule has 4 N–H and O–H groups in total. The van der Waals surface area contributed by atoms with Crippen LogP contribution in [-0.2, 0) is 4.79 Å². The van der Waals surface area contributed by atoms with Gasteiger partial charge in [0, 0.05) is 12.3 Å². The normalized spacial score (nSPS) is 49.2. The van der Waals surface area contributed by atoms with Crippen LogP contribution >= 0.6 is 0 Å². The van der Waals surface area contributed by atoms with Crippen molar-refractivity contribution in [1.82, 2.24) is 0 Å². The van der Waals surface area contributed by atoms with Crippen molar-refractivity contribution in [3.63, 3.8) is 0 Å². The lowest BCUT2D eigenvalue weighted by molar-refractivity contribution is -0.183. The smallest absolute Gasteiger partial charge is 0.136 e. The minimum atomic E-state index is -1.12. The summed E-state index contributed by atoms with van der Waals surface area (Å²) in [7, 11) is 0. The molecule has 4 aliphatic rings. The number of hydrogen-bond acceptors (Lipinski definition) is 5. The van der Waals surface area contributed by atoms with Gasteiger partial charge < -0.3 is 20.4 Å². The maximum absolute atomic E-state index is 13.3. The summed E-state index contributed by atoms with van der Waals surface area (Å²) >= 11 is 0. The number of aliphatic hydroxyl groups excluding tert-OH is 3. The van der Waals surface area contributed by atoms with Crippen molar-refractivity contribution in [1.29, 1.82) is 0 Å². The molecule has 0 heterocycles. The summed E-state index contributed by atoms with van der Waals surface area (Å²) in [6.07, 6.45) is 4.59. The van der Waals surface area contributed by atoms with Gasteiger partial charge in [0.1, 0.15) is 5.78 Å². The van der Waals surface area contributed by atoms with Crippen LogP contribution in [0.3, 0.4) is 0 Å². The molecule has 0 unspecified atom stereocenters. The van der Waals surface area contributed by atoms with Crippen LogP contribution in [0.2, 0.25) is 0 Å². The molecule has 11 atom stereocenters. The first-order valence-electron chi connectivity index (χ1n) is 13.1. The molecular formula is C27H46O5. The third-order valence-electron chi connectivity index (χ3n) is 10.9. The number of rotatable bonds is 5. The van der Waals surface area contributed by atoms with E-state index in [1.807, 2.05) is 6.92 Å². The fourth-order valence-corrected chi connectivity index (χ4v) is 9.05. The summed E-state index contributed by atoms with van der Waals surface area (Å²) in [5, 5.41) is 43.2. The van der Waals surface area contributed by atoms with E-state index < -0.39 is 23.9 Å². The quantitative estimate of drug-likeness (QED) is 0.512. The standard InChI is InChI=1S/C27H46O5/c1-15(2)6-9-24(31)27(5,32)23-8-7-17-16-12-20(28)19-13-21(29)22(30)14-26(19,4)18(16)10-11-25(17,23)3/h15-19,21-24,29-32H,6-14H2,1-5H3/t16-,17-,18-,19+,21-,22+,23-,24-,25-,26+,27+/m0/s1. The molecule has 0 aliphatic heterocycles. The van der Waals surface area contributed by atoms with Gasteiger partial charge in [-0.05, 0) is 98.7 Å². The van der Waals surface area contributed by atoms with Crippen LogP contribution in [0, 0.1) is 46.3 Å². The molecule has 0 aromatic rings. The Morgan fingerprint density at radius 1 is 1.03 bits per heavy atom. The average molecular weight is 451 g/mol. The molecule has 32 heavy (non-hydrogen) atoms.